The zero-order chi connectivity index (χ0) is 64.1. The van der Waals surface area contributed by atoms with Crippen molar-refractivity contribution in [3.8, 4) is 17.2 Å². The summed E-state index contributed by atoms with van der Waals surface area (Å²) in [5, 5.41) is 21.2. The minimum atomic E-state index is -0.855. The fourth-order valence-electron chi connectivity index (χ4n) is 11.4. The van der Waals surface area contributed by atoms with Crippen LogP contribution in [-0.4, -0.2) is 159 Å². The number of carbonyl (C=O) groups is 6. The topological polar surface area (TPSA) is 296 Å². The number of amides is 6. The molecule has 0 spiro atoms. The van der Waals surface area contributed by atoms with E-state index in [1.165, 1.54) is 14.7 Å². The Bertz CT molecular complexity index is 3820. The van der Waals surface area contributed by atoms with Crippen LogP contribution in [-0.2, 0) is 48.2 Å². The number of benzene rings is 6. The standard InChI is InChI=1S/3C22H21N5O4/c3*1-26-16-9-5-6-10-17(16)31-13-15(22(26)29)23-21(28)19-24-20-18(14-7-3-2-4-8-14)30-12-11-27(20)25-19/h3*2-10,15,18H,11-13H2,1H3,(H,23,28)/t15-,18?;15-,18+;15-,18-/m000/s1. The Morgan fingerprint density at radius 1 is 0.376 bits per heavy atom. The zero-order valence-electron chi connectivity index (χ0n) is 50.7. The van der Waals surface area contributed by atoms with Crippen LogP contribution in [0.15, 0.2) is 164 Å². The van der Waals surface area contributed by atoms with Crippen molar-refractivity contribution >= 4 is 52.5 Å². The smallest absolute Gasteiger partial charge is 0.291 e. The molecule has 27 nitrogen and oxygen atoms in total. The molecule has 474 valence electrons. The highest BCUT2D eigenvalue weighted by molar-refractivity contribution is 6.04. The fourth-order valence-corrected chi connectivity index (χ4v) is 11.4. The summed E-state index contributed by atoms with van der Waals surface area (Å²) < 4.78 is 40.0. The molecular formula is C66H63N15O12. The van der Waals surface area contributed by atoms with Crippen LogP contribution in [0, 0.1) is 0 Å². The van der Waals surface area contributed by atoms with Crippen molar-refractivity contribution < 1.29 is 57.2 Å². The molecule has 15 rings (SSSR count). The summed E-state index contributed by atoms with van der Waals surface area (Å²) in [6, 6.07) is 48.2. The second kappa shape index (κ2) is 26.7. The lowest BCUT2D eigenvalue weighted by atomic mass is 10.1. The Morgan fingerprint density at radius 2 is 0.634 bits per heavy atom. The zero-order valence-corrected chi connectivity index (χ0v) is 50.7. The number of nitrogens with zero attached hydrogens (tertiary/aromatic N) is 12. The number of nitrogens with one attached hydrogen (secondary N) is 3. The number of aromatic nitrogens is 9. The van der Waals surface area contributed by atoms with E-state index in [1.807, 2.05) is 127 Å². The van der Waals surface area contributed by atoms with Crippen molar-refractivity contribution in [2.24, 2.45) is 0 Å². The molecule has 0 saturated heterocycles. The van der Waals surface area contributed by atoms with Gasteiger partial charge in [0.2, 0.25) is 17.5 Å². The SMILES string of the molecule is CN1C(=O)[C@@H](NC(=O)c2nc3n(n2)CCOC3c2ccccc2)COc2ccccc21.CN1C(=O)[C@@H](NC(=O)c2nc3n(n2)CCO[C@@H]3c2ccccc2)COc2ccccc21.CN1C(=O)[C@@H](NC(=O)c2nc3n(n2)CCO[C@H]3c2ccccc2)COc2ccccc21. The Kier molecular flexibility index (Phi) is 17.5. The molecular weight excluding hydrogens is 1190 g/mol. The molecule has 3 N–H and O–H groups in total. The number of anilines is 3. The highest BCUT2D eigenvalue weighted by atomic mass is 16.5. The third-order valence-corrected chi connectivity index (χ3v) is 16.2. The Labute approximate surface area is 532 Å². The van der Waals surface area contributed by atoms with Gasteiger partial charge >= 0.3 is 0 Å². The van der Waals surface area contributed by atoms with Gasteiger partial charge in [-0.2, -0.15) is 0 Å². The van der Waals surface area contributed by atoms with E-state index >= 15 is 0 Å². The molecule has 6 aliphatic heterocycles. The molecule has 0 aliphatic carbocycles. The van der Waals surface area contributed by atoms with Crippen LogP contribution < -0.4 is 44.9 Å². The van der Waals surface area contributed by atoms with E-state index in [1.54, 1.807) is 71.6 Å². The van der Waals surface area contributed by atoms with Crippen molar-refractivity contribution in [3.63, 3.8) is 0 Å². The molecule has 6 aliphatic rings. The van der Waals surface area contributed by atoms with E-state index in [0.29, 0.717) is 91.2 Å². The van der Waals surface area contributed by atoms with E-state index in [9.17, 15) is 28.8 Å². The number of ether oxygens (including phenoxy) is 6. The van der Waals surface area contributed by atoms with E-state index in [-0.39, 0.29) is 55.0 Å². The average molecular weight is 1260 g/mol. The van der Waals surface area contributed by atoms with E-state index < -0.39 is 54.2 Å². The summed E-state index contributed by atoms with van der Waals surface area (Å²) in [5.41, 5.74) is 4.78. The van der Waals surface area contributed by atoms with Crippen LogP contribution in [0.1, 0.15) is 84.3 Å². The number of hydrogen-bond donors (Lipinski definition) is 3. The molecule has 6 amide bonds. The summed E-state index contributed by atoms with van der Waals surface area (Å²) in [5.74, 6) is 1.06. The van der Waals surface area contributed by atoms with E-state index in [4.69, 9.17) is 28.4 Å². The molecule has 0 fully saturated rings. The first-order valence-electron chi connectivity index (χ1n) is 30.1. The predicted molar refractivity (Wildman–Crippen MR) is 333 cm³/mol. The Balaban J connectivity index is 0.000000127. The minimum Gasteiger partial charge on any atom is -0.489 e. The number of hydrogen-bond acceptors (Lipinski definition) is 18. The molecule has 27 heteroatoms. The van der Waals surface area contributed by atoms with Crippen molar-refractivity contribution in [1.29, 1.82) is 0 Å². The van der Waals surface area contributed by atoms with E-state index in [0.717, 1.165) is 16.7 Å². The lowest BCUT2D eigenvalue weighted by Gasteiger charge is -2.22. The van der Waals surface area contributed by atoms with Crippen molar-refractivity contribution in [2.75, 3.05) is 75.5 Å². The number of likely N-dealkylation sites (N-methyl/N-ethyl adjacent to an activating group) is 3. The summed E-state index contributed by atoms with van der Waals surface area (Å²) in [7, 11) is 4.97. The molecule has 0 radical (unpaired) electrons. The number of carbonyl (C=O) groups excluding carboxylic acids is 6. The van der Waals surface area contributed by atoms with Crippen molar-refractivity contribution in [3.05, 3.63) is 215 Å². The molecule has 0 saturated carbocycles. The third-order valence-electron chi connectivity index (χ3n) is 16.2. The van der Waals surface area contributed by atoms with Gasteiger partial charge in [-0.05, 0) is 53.1 Å². The fraction of sp³-hybridized carbons (Fsp3) is 0.273. The van der Waals surface area contributed by atoms with Crippen LogP contribution in [0.4, 0.5) is 17.1 Å². The van der Waals surface area contributed by atoms with Gasteiger partial charge in [0.15, 0.2) is 17.5 Å². The van der Waals surface area contributed by atoms with Crippen LogP contribution >= 0.6 is 0 Å². The summed E-state index contributed by atoms with van der Waals surface area (Å²) in [6.45, 7) is 2.98. The predicted octanol–water partition coefficient (Wildman–Crippen LogP) is 4.65. The largest absolute Gasteiger partial charge is 0.489 e. The normalized spacial score (nSPS) is 20.3. The van der Waals surface area contributed by atoms with Gasteiger partial charge in [-0.15, -0.1) is 15.3 Å². The van der Waals surface area contributed by atoms with Gasteiger partial charge in [-0.3, -0.25) is 28.8 Å². The quantitative estimate of drug-likeness (QED) is 0.177. The van der Waals surface area contributed by atoms with E-state index in [2.05, 4.69) is 46.2 Å². The Morgan fingerprint density at radius 3 is 0.914 bits per heavy atom. The van der Waals surface area contributed by atoms with Crippen LogP contribution in [0.2, 0.25) is 0 Å². The van der Waals surface area contributed by atoms with Crippen molar-refractivity contribution in [2.45, 2.75) is 56.1 Å². The maximum Gasteiger partial charge on any atom is 0.291 e. The molecule has 9 aromatic rings. The first-order chi connectivity index (χ1) is 45.3. The molecule has 9 heterocycles. The molecule has 6 aromatic carbocycles. The lowest BCUT2D eigenvalue weighted by Crippen LogP contribution is -2.49. The van der Waals surface area contributed by atoms with Crippen molar-refractivity contribution in [1.82, 2.24) is 60.2 Å². The molecule has 0 bridgehead atoms. The number of rotatable bonds is 9. The van der Waals surface area contributed by atoms with Gasteiger partial charge < -0.3 is 59.1 Å². The summed E-state index contributed by atoms with van der Waals surface area (Å²) in [6.07, 6.45) is -1.19. The monoisotopic (exact) mass is 1260 g/mol. The summed E-state index contributed by atoms with van der Waals surface area (Å²) in [4.78, 5) is 95.0. The van der Waals surface area contributed by atoms with Gasteiger partial charge in [-0.25, -0.2) is 29.0 Å². The minimum absolute atomic E-state index is 0.00125. The second-order valence-electron chi connectivity index (χ2n) is 22.1. The third kappa shape index (κ3) is 12.7. The molecule has 6 atom stereocenters. The maximum atomic E-state index is 12.9. The van der Waals surface area contributed by atoms with Gasteiger partial charge in [0.1, 0.15) is 73.5 Å². The van der Waals surface area contributed by atoms with Crippen LogP contribution in [0.25, 0.3) is 0 Å². The van der Waals surface area contributed by atoms with Gasteiger partial charge in [0.25, 0.3) is 35.4 Å². The molecule has 1 unspecified atom stereocenters. The molecule has 3 aromatic heterocycles. The van der Waals surface area contributed by atoms with Crippen LogP contribution in [0.5, 0.6) is 17.2 Å². The Hall–Kier alpha value is -11.2. The number of fused-ring (bicyclic) bond motifs is 6. The lowest BCUT2D eigenvalue weighted by molar-refractivity contribution is -0.121. The highest BCUT2D eigenvalue weighted by Gasteiger charge is 2.38. The maximum absolute atomic E-state index is 12.9. The van der Waals surface area contributed by atoms with Gasteiger partial charge in [0.05, 0.1) is 56.5 Å². The average Bonchev–Trinajstić information content (AvgIpc) is 1.82. The first kappa shape index (κ1) is 60.7. The van der Waals surface area contributed by atoms with Crippen LogP contribution in [0.3, 0.4) is 0 Å². The second-order valence-corrected chi connectivity index (χ2v) is 22.1. The molecule has 93 heavy (non-hydrogen) atoms. The first-order valence-corrected chi connectivity index (χ1v) is 30.1. The number of para-hydroxylation sites is 6. The van der Waals surface area contributed by atoms with Gasteiger partial charge in [0, 0.05) is 21.1 Å². The van der Waals surface area contributed by atoms with Gasteiger partial charge in [-0.1, -0.05) is 127 Å². The summed E-state index contributed by atoms with van der Waals surface area (Å²) >= 11 is 0. The highest BCUT2D eigenvalue weighted by Crippen LogP contribution is 2.35.